The summed E-state index contributed by atoms with van der Waals surface area (Å²) < 4.78 is 0. The molecular formula is C11H14N6O. The normalized spacial score (nSPS) is 15.8. The second-order valence-electron chi connectivity index (χ2n) is 4.59. The van der Waals surface area contributed by atoms with Gasteiger partial charge in [-0.1, -0.05) is 0 Å². The van der Waals surface area contributed by atoms with Gasteiger partial charge in [0.1, 0.15) is 11.5 Å². The van der Waals surface area contributed by atoms with Crippen molar-refractivity contribution in [1.82, 2.24) is 19.9 Å². The summed E-state index contributed by atoms with van der Waals surface area (Å²) in [5.41, 5.74) is 13.4. The lowest BCUT2D eigenvalue weighted by atomic mass is 9.98. The van der Waals surface area contributed by atoms with Crippen LogP contribution in [0.3, 0.4) is 0 Å². The molecule has 18 heavy (non-hydrogen) atoms. The molecule has 7 nitrogen and oxygen atoms in total. The molecule has 2 aromatic heterocycles. The number of H-pyrrole nitrogens is 1. The van der Waals surface area contributed by atoms with Crippen LogP contribution in [0.2, 0.25) is 0 Å². The zero-order valence-corrected chi connectivity index (χ0v) is 10.0. The van der Waals surface area contributed by atoms with Crippen molar-refractivity contribution in [1.29, 1.82) is 0 Å². The van der Waals surface area contributed by atoms with Crippen molar-refractivity contribution >= 4 is 22.8 Å². The molecule has 0 bridgehead atoms. The Balaban J connectivity index is 2.41. The van der Waals surface area contributed by atoms with Gasteiger partial charge in [-0.3, -0.25) is 4.79 Å². The number of fused-ring (bicyclic) bond motifs is 3. The molecular weight excluding hydrogens is 232 g/mol. The SMILES string of the molecule is CN1CCc2c(c(=O)[nH]c3nc(N)nc(N)c23)C1. The molecule has 2 aromatic rings. The second-order valence-corrected chi connectivity index (χ2v) is 4.59. The molecule has 0 aromatic carbocycles. The maximum atomic E-state index is 12.0. The van der Waals surface area contributed by atoms with Crippen molar-refractivity contribution in [2.45, 2.75) is 13.0 Å². The number of nitrogens with zero attached hydrogens (tertiary/aromatic N) is 3. The van der Waals surface area contributed by atoms with Gasteiger partial charge < -0.3 is 21.4 Å². The number of aromatic amines is 1. The lowest BCUT2D eigenvalue weighted by Crippen LogP contribution is -2.32. The lowest BCUT2D eigenvalue weighted by molar-refractivity contribution is 0.312. The number of anilines is 2. The highest BCUT2D eigenvalue weighted by molar-refractivity contribution is 5.90. The summed E-state index contributed by atoms with van der Waals surface area (Å²) in [6.45, 7) is 1.50. The Labute approximate surface area is 103 Å². The first kappa shape index (κ1) is 11.0. The summed E-state index contributed by atoms with van der Waals surface area (Å²) in [6, 6.07) is 0. The zero-order valence-electron chi connectivity index (χ0n) is 10.0. The third-order valence-electron chi connectivity index (χ3n) is 3.30. The number of hydrogen-bond donors (Lipinski definition) is 3. The maximum Gasteiger partial charge on any atom is 0.254 e. The van der Waals surface area contributed by atoms with E-state index in [-0.39, 0.29) is 11.5 Å². The lowest BCUT2D eigenvalue weighted by Gasteiger charge is -2.25. The highest BCUT2D eigenvalue weighted by atomic mass is 16.1. The summed E-state index contributed by atoms with van der Waals surface area (Å²) in [7, 11) is 1.98. The third kappa shape index (κ3) is 1.52. The molecule has 1 aliphatic heterocycles. The number of nitrogens with one attached hydrogen (secondary N) is 1. The van der Waals surface area contributed by atoms with Gasteiger partial charge in [-0.05, 0) is 19.0 Å². The molecule has 0 atom stereocenters. The van der Waals surface area contributed by atoms with Crippen molar-refractivity contribution in [3.63, 3.8) is 0 Å². The van der Waals surface area contributed by atoms with E-state index < -0.39 is 0 Å². The first-order valence-electron chi connectivity index (χ1n) is 5.71. The van der Waals surface area contributed by atoms with Crippen LogP contribution in [0.1, 0.15) is 11.1 Å². The number of hydrogen-bond acceptors (Lipinski definition) is 6. The van der Waals surface area contributed by atoms with E-state index in [9.17, 15) is 4.79 Å². The Bertz CT molecular complexity index is 692. The first-order chi connectivity index (χ1) is 8.56. The largest absolute Gasteiger partial charge is 0.383 e. The Morgan fingerprint density at radius 1 is 1.28 bits per heavy atom. The van der Waals surface area contributed by atoms with Crippen LogP contribution in [0.5, 0.6) is 0 Å². The molecule has 5 N–H and O–H groups in total. The van der Waals surface area contributed by atoms with Gasteiger partial charge in [-0.25, -0.2) is 0 Å². The average molecular weight is 246 g/mol. The van der Waals surface area contributed by atoms with E-state index in [4.69, 9.17) is 11.5 Å². The number of rotatable bonds is 0. The highest BCUT2D eigenvalue weighted by Crippen LogP contribution is 2.26. The summed E-state index contributed by atoms with van der Waals surface area (Å²) in [4.78, 5) is 24.9. The number of aromatic nitrogens is 3. The van der Waals surface area contributed by atoms with Crippen molar-refractivity contribution in [2.24, 2.45) is 0 Å². The van der Waals surface area contributed by atoms with E-state index in [1.54, 1.807) is 0 Å². The van der Waals surface area contributed by atoms with Gasteiger partial charge in [0, 0.05) is 18.7 Å². The number of pyridine rings is 1. The van der Waals surface area contributed by atoms with E-state index in [0.29, 0.717) is 18.0 Å². The smallest absolute Gasteiger partial charge is 0.254 e. The average Bonchev–Trinajstić information content (AvgIpc) is 2.29. The molecule has 0 unspecified atom stereocenters. The summed E-state index contributed by atoms with van der Waals surface area (Å²) in [5, 5.41) is 0.729. The van der Waals surface area contributed by atoms with E-state index in [1.165, 1.54) is 0 Å². The quantitative estimate of drug-likeness (QED) is 0.575. The van der Waals surface area contributed by atoms with Crippen molar-refractivity contribution in [3.8, 4) is 0 Å². The predicted molar refractivity (Wildman–Crippen MR) is 69.0 cm³/mol. The van der Waals surface area contributed by atoms with Crippen LogP contribution in [0, 0.1) is 0 Å². The van der Waals surface area contributed by atoms with Gasteiger partial charge in [-0.2, -0.15) is 9.97 Å². The fourth-order valence-corrected chi connectivity index (χ4v) is 2.45. The second kappa shape index (κ2) is 3.67. The minimum Gasteiger partial charge on any atom is -0.383 e. The van der Waals surface area contributed by atoms with Gasteiger partial charge in [0.05, 0.1) is 5.39 Å². The van der Waals surface area contributed by atoms with Crippen molar-refractivity contribution < 1.29 is 0 Å². The van der Waals surface area contributed by atoms with Crippen LogP contribution in [0.4, 0.5) is 11.8 Å². The topological polar surface area (TPSA) is 114 Å². The van der Waals surface area contributed by atoms with Gasteiger partial charge in [-0.15, -0.1) is 0 Å². The Hall–Kier alpha value is -2.15. The molecule has 0 amide bonds. The molecule has 0 radical (unpaired) electrons. The van der Waals surface area contributed by atoms with Crippen LogP contribution in [0.15, 0.2) is 4.79 Å². The van der Waals surface area contributed by atoms with Crippen molar-refractivity contribution in [2.75, 3.05) is 25.1 Å². The van der Waals surface area contributed by atoms with E-state index in [2.05, 4.69) is 19.9 Å². The molecule has 0 aliphatic carbocycles. The van der Waals surface area contributed by atoms with Crippen LogP contribution in [0.25, 0.3) is 11.0 Å². The standard InChI is InChI=1S/C11H14N6O/c1-17-3-2-5-6(4-17)10(18)15-9-7(5)8(12)14-11(13)16-9/h2-4H2,1H3,(H5,12,13,14,15,16,18). The molecule has 1 aliphatic rings. The molecule has 0 saturated heterocycles. The van der Waals surface area contributed by atoms with Crippen LogP contribution in [-0.2, 0) is 13.0 Å². The number of nitrogen functional groups attached to an aromatic ring is 2. The van der Waals surface area contributed by atoms with E-state index in [1.807, 2.05) is 7.05 Å². The monoisotopic (exact) mass is 246 g/mol. The van der Waals surface area contributed by atoms with E-state index >= 15 is 0 Å². The van der Waals surface area contributed by atoms with Gasteiger partial charge >= 0.3 is 0 Å². The molecule has 94 valence electrons. The number of nitrogens with two attached hydrogens (primary N) is 2. The molecule has 3 rings (SSSR count). The highest BCUT2D eigenvalue weighted by Gasteiger charge is 2.21. The van der Waals surface area contributed by atoms with Gasteiger partial charge in [0.2, 0.25) is 5.95 Å². The molecule has 7 heteroatoms. The predicted octanol–water partition coefficient (Wildman–Crippen LogP) is -0.530. The minimum absolute atomic E-state index is 0.0727. The molecule has 0 saturated carbocycles. The fraction of sp³-hybridized carbons (Fsp3) is 0.364. The van der Waals surface area contributed by atoms with Crippen LogP contribution >= 0.6 is 0 Å². The molecule has 0 fully saturated rings. The van der Waals surface area contributed by atoms with Crippen LogP contribution < -0.4 is 17.0 Å². The summed E-state index contributed by atoms with van der Waals surface area (Å²) >= 11 is 0. The third-order valence-corrected chi connectivity index (χ3v) is 3.30. The van der Waals surface area contributed by atoms with Crippen LogP contribution in [-0.4, -0.2) is 33.4 Å². The van der Waals surface area contributed by atoms with Gasteiger partial charge in [0.15, 0.2) is 0 Å². The van der Waals surface area contributed by atoms with E-state index in [0.717, 1.165) is 29.5 Å². The van der Waals surface area contributed by atoms with Crippen molar-refractivity contribution in [3.05, 3.63) is 21.5 Å². The Morgan fingerprint density at radius 3 is 2.83 bits per heavy atom. The summed E-state index contributed by atoms with van der Waals surface area (Å²) in [6.07, 6.45) is 0.768. The van der Waals surface area contributed by atoms with Gasteiger partial charge in [0.25, 0.3) is 5.56 Å². The molecule has 0 spiro atoms. The first-order valence-corrected chi connectivity index (χ1v) is 5.71. The Kier molecular flexibility index (Phi) is 2.24. The zero-order chi connectivity index (χ0) is 12.9. The Morgan fingerprint density at radius 2 is 2.06 bits per heavy atom. The number of likely N-dealkylation sites (N-methyl/N-ethyl adjacent to an activating group) is 1. The summed E-state index contributed by atoms with van der Waals surface area (Å²) in [5.74, 6) is 0.401. The fourth-order valence-electron chi connectivity index (χ4n) is 2.45. The minimum atomic E-state index is -0.124. The maximum absolute atomic E-state index is 12.0. The molecule has 3 heterocycles.